The lowest BCUT2D eigenvalue weighted by molar-refractivity contribution is -0.139. The largest absolute Gasteiger partial charge is 0.490 e. The number of carbonyl (C=O) groups is 2. The maximum Gasteiger partial charge on any atom is 0.321 e. The van der Waals surface area contributed by atoms with Crippen LogP contribution in [0.1, 0.15) is 23.6 Å². The van der Waals surface area contributed by atoms with Gasteiger partial charge in [0, 0.05) is 35.8 Å². The van der Waals surface area contributed by atoms with Crippen LogP contribution in [0.5, 0.6) is 11.5 Å². The molecule has 1 amide bonds. The number of hydrogen-bond acceptors (Lipinski definition) is 5. The van der Waals surface area contributed by atoms with Gasteiger partial charge >= 0.3 is 5.97 Å². The third-order valence-corrected chi connectivity index (χ3v) is 6.59. The van der Waals surface area contributed by atoms with Gasteiger partial charge in [0.05, 0.1) is 11.1 Å². The predicted octanol–water partition coefficient (Wildman–Crippen LogP) is 5.44. The Kier molecular flexibility index (Phi) is 9.04. The first-order valence-electron chi connectivity index (χ1n) is 12.3. The fraction of sp³-hybridized carbons (Fsp3) is 0.241. The summed E-state index contributed by atoms with van der Waals surface area (Å²) in [6.07, 6.45) is 2.18. The van der Waals surface area contributed by atoms with Crippen LogP contribution in [0.3, 0.4) is 0 Å². The van der Waals surface area contributed by atoms with Crippen LogP contribution in [0.2, 0.25) is 0 Å². The Morgan fingerprint density at radius 1 is 1.08 bits per heavy atom. The number of aromatic nitrogens is 1. The number of ether oxygens (including phenoxy) is 2. The van der Waals surface area contributed by atoms with E-state index in [1.165, 1.54) is 0 Å². The molecule has 38 heavy (non-hydrogen) atoms. The molecule has 0 bridgehead atoms. The van der Waals surface area contributed by atoms with Gasteiger partial charge in [-0.3, -0.25) is 9.59 Å². The summed E-state index contributed by atoms with van der Waals surface area (Å²) in [6, 6.07) is 18.1. The number of carboxylic acid groups (broad SMARTS) is 1. The van der Waals surface area contributed by atoms with E-state index >= 15 is 0 Å². The molecule has 1 unspecified atom stereocenters. The van der Waals surface area contributed by atoms with Gasteiger partial charge in [-0.2, -0.15) is 0 Å². The van der Waals surface area contributed by atoms with E-state index in [1.807, 2.05) is 74.6 Å². The van der Waals surface area contributed by atoms with Crippen molar-refractivity contribution in [3.63, 3.8) is 0 Å². The highest BCUT2D eigenvalue weighted by Gasteiger charge is 2.20. The molecule has 4 rings (SSSR count). The molecule has 9 heteroatoms. The summed E-state index contributed by atoms with van der Waals surface area (Å²) in [6.45, 7) is 4.33. The fourth-order valence-electron chi connectivity index (χ4n) is 4.11. The molecule has 0 radical (unpaired) electrons. The number of anilines is 1. The standard InChI is InChI=1S/C29H30BrN3O5/c1-3-37-26-13-19(12-23(30)28(26)38-17-27(34)33-21-10-8-18(2)9-11-21)15-31-25(29(35)36)14-20-16-32-24-7-5-4-6-22(20)24/h4-13,16,25,31-32H,3,14-15,17H2,1-2H3,(H,33,34)(H,35,36). The minimum absolute atomic E-state index is 0.199. The highest BCUT2D eigenvalue weighted by molar-refractivity contribution is 9.10. The third-order valence-electron chi connectivity index (χ3n) is 6.00. The van der Waals surface area contributed by atoms with Crippen molar-refractivity contribution in [2.75, 3.05) is 18.5 Å². The van der Waals surface area contributed by atoms with E-state index < -0.39 is 12.0 Å². The van der Waals surface area contributed by atoms with Crippen molar-refractivity contribution in [1.82, 2.24) is 10.3 Å². The van der Waals surface area contributed by atoms with Crippen molar-refractivity contribution < 1.29 is 24.2 Å². The summed E-state index contributed by atoms with van der Waals surface area (Å²) in [5.41, 5.74) is 4.51. The highest BCUT2D eigenvalue weighted by Crippen LogP contribution is 2.37. The van der Waals surface area contributed by atoms with Crippen LogP contribution < -0.4 is 20.1 Å². The number of carboxylic acids is 1. The molecule has 3 aromatic carbocycles. The number of hydrogen-bond donors (Lipinski definition) is 4. The lowest BCUT2D eigenvalue weighted by Gasteiger charge is -2.18. The summed E-state index contributed by atoms with van der Waals surface area (Å²) >= 11 is 3.52. The van der Waals surface area contributed by atoms with E-state index in [9.17, 15) is 14.7 Å². The van der Waals surface area contributed by atoms with Gasteiger partial charge in [-0.05, 0) is 71.2 Å². The first kappa shape index (κ1) is 27.2. The minimum Gasteiger partial charge on any atom is -0.490 e. The molecule has 0 aliphatic heterocycles. The second kappa shape index (κ2) is 12.6. The Labute approximate surface area is 229 Å². The van der Waals surface area contributed by atoms with E-state index in [-0.39, 0.29) is 12.5 Å². The number of H-pyrrole nitrogens is 1. The maximum absolute atomic E-state index is 12.4. The lowest BCUT2D eigenvalue weighted by atomic mass is 10.0. The van der Waals surface area contributed by atoms with Crippen molar-refractivity contribution in [2.24, 2.45) is 0 Å². The zero-order valence-electron chi connectivity index (χ0n) is 21.2. The number of rotatable bonds is 12. The third kappa shape index (κ3) is 6.93. The van der Waals surface area contributed by atoms with Crippen LogP contribution in [-0.2, 0) is 22.6 Å². The Bertz CT molecular complexity index is 1420. The lowest BCUT2D eigenvalue weighted by Crippen LogP contribution is -2.38. The highest BCUT2D eigenvalue weighted by atomic mass is 79.9. The SMILES string of the molecule is CCOc1cc(CNC(Cc2c[nH]c3ccccc23)C(=O)O)cc(Br)c1OCC(=O)Nc1ccc(C)cc1. The number of halogens is 1. The number of para-hydroxylation sites is 1. The molecule has 4 aromatic rings. The quantitative estimate of drug-likeness (QED) is 0.178. The number of aryl methyl sites for hydroxylation is 1. The van der Waals surface area contributed by atoms with Gasteiger partial charge in [-0.15, -0.1) is 0 Å². The number of aromatic amines is 1. The van der Waals surface area contributed by atoms with Crippen molar-refractivity contribution in [1.29, 1.82) is 0 Å². The summed E-state index contributed by atoms with van der Waals surface area (Å²) in [5, 5.41) is 16.8. The van der Waals surface area contributed by atoms with E-state index in [0.717, 1.165) is 27.6 Å². The summed E-state index contributed by atoms with van der Waals surface area (Å²) in [7, 11) is 0. The predicted molar refractivity (Wildman–Crippen MR) is 151 cm³/mol. The maximum atomic E-state index is 12.4. The minimum atomic E-state index is -0.932. The van der Waals surface area contributed by atoms with Gasteiger partial charge in [0.1, 0.15) is 6.04 Å². The van der Waals surface area contributed by atoms with Crippen LogP contribution in [0.15, 0.2) is 71.3 Å². The molecule has 0 saturated carbocycles. The average molecular weight is 580 g/mol. The van der Waals surface area contributed by atoms with Crippen LogP contribution >= 0.6 is 15.9 Å². The van der Waals surface area contributed by atoms with Crippen LogP contribution in [-0.4, -0.2) is 41.2 Å². The Morgan fingerprint density at radius 3 is 2.58 bits per heavy atom. The molecular weight excluding hydrogens is 550 g/mol. The zero-order chi connectivity index (χ0) is 27.1. The molecule has 0 aliphatic rings. The molecule has 198 valence electrons. The molecular formula is C29H30BrN3O5. The van der Waals surface area contributed by atoms with E-state index in [2.05, 4.69) is 31.5 Å². The van der Waals surface area contributed by atoms with Crippen molar-refractivity contribution in [3.05, 3.63) is 88.0 Å². The van der Waals surface area contributed by atoms with Crippen molar-refractivity contribution in [2.45, 2.75) is 32.9 Å². The molecule has 8 nitrogen and oxygen atoms in total. The number of amides is 1. The summed E-state index contributed by atoms with van der Waals surface area (Å²) < 4.78 is 12.2. The zero-order valence-corrected chi connectivity index (χ0v) is 22.8. The van der Waals surface area contributed by atoms with Gasteiger partial charge < -0.3 is 30.2 Å². The first-order chi connectivity index (χ1) is 18.3. The van der Waals surface area contributed by atoms with Crippen molar-refractivity contribution in [3.8, 4) is 11.5 Å². The second-order valence-electron chi connectivity index (χ2n) is 8.88. The fourth-order valence-corrected chi connectivity index (χ4v) is 4.71. The van der Waals surface area contributed by atoms with Crippen molar-refractivity contribution >= 4 is 44.4 Å². The normalized spacial score (nSPS) is 11.8. The Hall–Kier alpha value is -3.82. The Balaban J connectivity index is 1.42. The number of fused-ring (bicyclic) bond motifs is 1. The molecule has 1 aromatic heterocycles. The number of nitrogens with one attached hydrogen (secondary N) is 3. The monoisotopic (exact) mass is 579 g/mol. The van der Waals surface area contributed by atoms with E-state index in [0.29, 0.717) is 41.2 Å². The summed E-state index contributed by atoms with van der Waals surface area (Å²) in [5.74, 6) is -0.358. The van der Waals surface area contributed by atoms with Crippen LogP contribution in [0.4, 0.5) is 5.69 Å². The van der Waals surface area contributed by atoms with E-state index in [1.54, 1.807) is 6.07 Å². The molecule has 1 atom stereocenters. The van der Waals surface area contributed by atoms with Gasteiger partial charge in [0.15, 0.2) is 18.1 Å². The van der Waals surface area contributed by atoms with Crippen LogP contribution in [0.25, 0.3) is 10.9 Å². The molecule has 1 heterocycles. The number of aliphatic carboxylic acids is 1. The van der Waals surface area contributed by atoms with Crippen LogP contribution in [0, 0.1) is 6.92 Å². The first-order valence-corrected chi connectivity index (χ1v) is 13.1. The molecule has 0 aliphatic carbocycles. The smallest absolute Gasteiger partial charge is 0.321 e. The molecule has 4 N–H and O–H groups in total. The summed E-state index contributed by atoms with van der Waals surface area (Å²) in [4.78, 5) is 27.6. The second-order valence-corrected chi connectivity index (χ2v) is 9.73. The number of carbonyl (C=O) groups excluding carboxylic acids is 1. The topological polar surface area (TPSA) is 113 Å². The van der Waals surface area contributed by atoms with Gasteiger partial charge in [0.2, 0.25) is 0 Å². The van der Waals surface area contributed by atoms with Gasteiger partial charge in [-0.25, -0.2) is 0 Å². The average Bonchev–Trinajstić information content (AvgIpc) is 3.30. The Morgan fingerprint density at radius 2 is 1.84 bits per heavy atom. The van der Waals surface area contributed by atoms with E-state index in [4.69, 9.17) is 9.47 Å². The number of benzene rings is 3. The molecule has 0 saturated heterocycles. The molecule has 0 spiro atoms. The molecule has 0 fully saturated rings. The van der Waals surface area contributed by atoms with Gasteiger partial charge in [0.25, 0.3) is 5.91 Å². The van der Waals surface area contributed by atoms with Gasteiger partial charge in [-0.1, -0.05) is 35.9 Å².